The summed E-state index contributed by atoms with van der Waals surface area (Å²) in [7, 11) is 1.59. The molecule has 2 aromatic rings. The van der Waals surface area contributed by atoms with Crippen LogP contribution in [0, 0.1) is 0 Å². The number of hydrogen-bond acceptors (Lipinski definition) is 4. The Hall–Kier alpha value is -2.54. The van der Waals surface area contributed by atoms with Crippen LogP contribution in [0.15, 0.2) is 29.8 Å². The van der Waals surface area contributed by atoms with E-state index >= 15 is 0 Å². The largest absolute Gasteiger partial charge is 0.494 e. The minimum Gasteiger partial charge on any atom is -0.494 e. The van der Waals surface area contributed by atoms with Crippen LogP contribution in [-0.4, -0.2) is 52.8 Å². The van der Waals surface area contributed by atoms with Crippen molar-refractivity contribution in [2.45, 2.75) is 12.8 Å². The van der Waals surface area contributed by atoms with Crippen molar-refractivity contribution < 1.29 is 14.6 Å². The maximum Gasteiger partial charge on any atom is 0.324 e. The van der Waals surface area contributed by atoms with E-state index in [1.54, 1.807) is 12.0 Å². The van der Waals surface area contributed by atoms with Crippen LogP contribution in [0.2, 0.25) is 0 Å². The molecule has 0 aliphatic carbocycles. The number of benzene rings is 1. The van der Waals surface area contributed by atoms with Gasteiger partial charge in [-0.3, -0.25) is 5.32 Å². The SMILES string of the molecule is COc1cccc2[nH]c(NC(=O)N3CC=C(CCO)CC3)nc12. The molecule has 1 aromatic carbocycles. The number of carbonyl (C=O) groups is 1. The van der Waals surface area contributed by atoms with Gasteiger partial charge in [0.15, 0.2) is 0 Å². The highest BCUT2D eigenvalue weighted by Crippen LogP contribution is 2.24. The van der Waals surface area contributed by atoms with Crippen molar-refractivity contribution >= 4 is 23.0 Å². The topological polar surface area (TPSA) is 90.5 Å². The van der Waals surface area contributed by atoms with Gasteiger partial charge in [-0.05, 0) is 25.0 Å². The number of fused-ring (bicyclic) bond motifs is 1. The molecule has 1 aliphatic rings. The number of H-pyrrole nitrogens is 1. The third-order valence-electron chi connectivity index (χ3n) is 3.94. The predicted octanol–water partition coefficient (Wildman–Crippen LogP) is 2.12. The lowest BCUT2D eigenvalue weighted by Crippen LogP contribution is -2.38. The van der Waals surface area contributed by atoms with Crippen molar-refractivity contribution in [3.05, 3.63) is 29.8 Å². The molecule has 0 unspecified atom stereocenters. The number of anilines is 1. The Bertz CT molecular complexity index is 738. The van der Waals surface area contributed by atoms with E-state index in [2.05, 4.69) is 15.3 Å². The van der Waals surface area contributed by atoms with Gasteiger partial charge in [0.1, 0.15) is 11.3 Å². The fourth-order valence-electron chi connectivity index (χ4n) is 2.68. The van der Waals surface area contributed by atoms with Crippen LogP contribution in [0.5, 0.6) is 5.75 Å². The number of carbonyl (C=O) groups excluding carboxylic acids is 1. The van der Waals surface area contributed by atoms with Gasteiger partial charge in [-0.25, -0.2) is 9.78 Å². The smallest absolute Gasteiger partial charge is 0.324 e. The maximum atomic E-state index is 12.3. The summed E-state index contributed by atoms with van der Waals surface area (Å²) in [6.07, 6.45) is 3.47. The number of nitrogens with one attached hydrogen (secondary N) is 2. The summed E-state index contributed by atoms with van der Waals surface area (Å²) in [6.45, 7) is 1.34. The lowest BCUT2D eigenvalue weighted by atomic mass is 10.1. The summed E-state index contributed by atoms with van der Waals surface area (Å²) in [6, 6.07) is 5.38. The number of urea groups is 1. The van der Waals surface area contributed by atoms with Crippen LogP contribution in [0.4, 0.5) is 10.7 Å². The third kappa shape index (κ3) is 3.29. The van der Waals surface area contributed by atoms with Crippen LogP contribution in [-0.2, 0) is 0 Å². The molecular weight excluding hydrogens is 296 g/mol. The molecule has 3 N–H and O–H groups in total. The monoisotopic (exact) mass is 316 g/mol. The summed E-state index contributed by atoms with van der Waals surface area (Å²) < 4.78 is 5.26. The summed E-state index contributed by atoms with van der Waals surface area (Å²) in [5.41, 5.74) is 2.70. The summed E-state index contributed by atoms with van der Waals surface area (Å²) in [5, 5.41) is 11.7. The minimum atomic E-state index is -0.192. The number of methoxy groups -OCH3 is 1. The fourth-order valence-corrected chi connectivity index (χ4v) is 2.68. The Balaban J connectivity index is 1.69. The van der Waals surface area contributed by atoms with Crippen molar-refractivity contribution in [2.24, 2.45) is 0 Å². The number of para-hydroxylation sites is 1. The first-order chi connectivity index (χ1) is 11.2. The molecule has 0 fully saturated rings. The van der Waals surface area contributed by atoms with Gasteiger partial charge in [0.2, 0.25) is 5.95 Å². The van der Waals surface area contributed by atoms with Crippen LogP contribution in [0.25, 0.3) is 11.0 Å². The van der Waals surface area contributed by atoms with Gasteiger partial charge in [-0.1, -0.05) is 17.7 Å². The number of aliphatic hydroxyl groups is 1. The van der Waals surface area contributed by atoms with Crippen molar-refractivity contribution in [3.8, 4) is 5.75 Å². The van der Waals surface area contributed by atoms with Crippen molar-refractivity contribution in [1.29, 1.82) is 0 Å². The Morgan fingerprint density at radius 1 is 1.52 bits per heavy atom. The Morgan fingerprint density at radius 3 is 3.09 bits per heavy atom. The molecule has 7 nitrogen and oxygen atoms in total. The van der Waals surface area contributed by atoms with E-state index in [9.17, 15) is 4.79 Å². The van der Waals surface area contributed by atoms with Crippen LogP contribution in [0.3, 0.4) is 0 Å². The lowest BCUT2D eigenvalue weighted by molar-refractivity contribution is 0.214. The number of ether oxygens (including phenoxy) is 1. The highest BCUT2D eigenvalue weighted by molar-refractivity contribution is 5.91. The van der Waals surface area contributed by atoms with Crippen molar-refractivity contribution in [2.75, 3.05) is 32.1 Å². The molecule has 3 rings (SSSR count). The highest BCUT2D eigenvalue weighted by atomic mass is 16.5. The quantitative estimate of drug-likeness (QED) is 0.754. The molecule has 2 heterocycles. The van der Waals surface area contributed by atoms with Crippen molar-refractivity contribution in [3.63, 3.8) is 0 Å². The van der Waals surface area contributed by atoms with E-state index < -0.39 is 0 Å². The molecule has 122 valence electrons. The third-order valence-corrected chi connectivity index (χ3v) is 3.94. The average molecular weight is 316 g/mol. The van der Waals surface area contributed by atoms with Gasteiger partial charge in [0.05, 0.1) is 12.6 Å². The van der Waals surface area contributed by atoms with Gasteiger partial charge >= 0.3 is 6.03 Å². The highest BCUT2D eigenvalue weighted by Gasteiger charge is 2.18. The summed E-state index contributed by atoms with van der Waals surface area (Å²) >= 11 is 0. The van der Waals surface area contributed by atoms with Crippen LogP contribution < -0.4 is 10.1 Å². The molecule has 1 aliphatic heterocycles. The molecule has 7 heteroatoms. The molecule has 2 amide bonds. The second-order valence-electron chi connectivity index (χ2n) is 5.40. The minimum absolute atomic E-state index is 0.152. The van der Waals surface area contributed by atoms with Gasteiger partial charge < -0.3 is 19.7 Å². The number of nitrogens with zero attached hydrogens (tertiary/aromatic N) is 2. The van der Waals surface area contributed by atoms with Gasteiger partial charge in [0.25, 0.3) is 0 Å². The molecule has 0 saturated heterocycles. The van der Waals surface area contributed by atoms with Gasteiger partial charge in [0, 0.05) is 19.7 Å². The van der Waals surface area contributed by atoms with E-state index in [0.29, 0.717) is 36.7 Å². The molecule has 0 atom stereocenters. The summed E-state index contributed by atoms with van der Waals surface area (Å²) in [4.78, 5) is 21.5. The van der Waals surface area contributed by atoms with Gasteiger partial charge in [-0.15, -0.1) is 0 Å². The second kappa shape index (κ2) is 6.70. The fraction of sp³-hybridized carbons (Fsp3) is 0.375. The standard InChI is InChI=1S/C16H20N4O3/c1-23-13-4-2-3-12-14(13)18-15(17-12)19-16(22)20-8-5-11(6-9-20)7-10-21/h2-5,21H,6-10H2,1H3,(H2,17,18,19,22). The Labute approximate surface area is 134 Å². The number of aromatic nitrogens is 2. The number of aromatic amines is 1. The first kappa shape index (κ1) is 15.4. The molecule has 0 saturated carbocycles. The number of hydrogen-bond donors (Lipinski definition) is 3. The van der Waals surface area contributed by atoms with Crippen LogP contribution >= 0.6 is 0 Å². The molecule has 1 aromatic heterocycles. The number of imidazole rings is 1. The van der Waals surface area contributed by atoms with Gasteiger partial charge in [-0.2, -0.15) is 0 Å². The average Bonchev–Trinajstić information content (AvgIpc) is 2.98. The molecule has 23 heavy (non-hydrogen) atoms. The number of amides is 2. The lowest BCUT2D eigenvalue weighted by Gasteiger charge is -2.26. The maximum absolute atomic E-state index is 12.3. The normalized spacial score (nSPS) is 14.7. The van der Waals surface area contributed by atoms with E-state index in [0.717, 1.165) is 11.9 Å². The first-order valence-electron chi connectivity index (χ1n) is 7.58. The predicted molar refractivity (Wildman–Crippen MR) is 87.6 cm³/mol. The van der Waals surface area contributed by atoms with E-state index in [-0.39, 0.29) is 12.6 Å². The first-order valence-corrected chi connectivity index (χ1v) is 7.58. The molecular formula is C16H20N4O3. The molecule has 0 spiro atoms. The Kier molecular flexibility index (Phi) is 4.47. The molecule has 0 radical (unpaired) electrons. The van der Waals surface area contributed by atoms with Crippen molar-refractivity contribution in [1.82, 2.24) is 14.9 Å². The molecule has 0 bridgehead atoms. The number of rotatable bonds is 4. The Morgan fingerprint density at radius 2 is 2.39 bits per heavy atom. The zero-order chi connectivity index (χ0) is 16.2. The van der Waals surface area contributed by atoms with Crippen LogP contribution in [0.1, 0.15) is 12.8 Å². The van der Waals surface area contributed by atoms with E-state index in [1.165, 1.54) is 5.57 Å². The second-order valence-corrected chi connectivity index (χ2v) is 5.40. The zero-order valence-corrected chi connectivity index (χ0v) is 13.0. The van der Waals surface area contributed by atoms with E-state index in [4.69, 9.17) is 9.84 Å². The number of aliphatic hydroxyl groups excluding tert-OH is 1. The summed E-state index contributed by atoms with van der Waals surface area (Å²) in [5.74, 6) is 1.06. The zero-order valence-electron chi connectivity index (χ0n) is 13.0. The van der Waals surface area contributed by atoms with E-state index in [1.807, 2.05) is 24.3 Å².